The first-order valence-electron chi connectivity index (χ1n) is 4.84. The largest absolute Gasteiger partial charge is 0.482 e. The van der Waals surface area contributed by atoms with E-state index >= 15 is 0 Å². The zero-order valence-corrected chi connectivity index (χ0v) is 8.54. The van der Waals surface area contributed by atoms with E-state index in [1.807, 2.05) is 41.2 Å². The summed E-state index contributed by atoms with van der Waals surface area (Å²) in [7, 11) is 0. The SMILES string of the molecule is O=C(O)COc1cccc(-n2cccc2)c1. The quantitative estimate of drug-likeness (QED) is 0.851. The van der Waals surface area contributed by atoms with E-state index in [1.165, 1.54) is 0 Å². The van der Waals surface area contributed by atoms with Gasteiger partial charge in [0.15, 0.2) is 6.61 Å². The van der Waals surface area contributed by atoms with E-state index in [4.69, 9.17) is 9.84 Å². The van der Waals surface area contributed by atoms with Crippen LogP contribution in [0.4, 0.5) is 0 Å². The van der Waals surface area contributed by atoms with Gasteiger partial charge in [0.1, 0.15) is 5.75 Å². The van der Waals surface area contributed by atoms with Crippen LogP contribution in [0.1, 0.15) is 0 Å². The lowest BCUT2D eigenvalue weighted by molar-refractivity contribution is -0.139. The van der Waals surface area contributed by atoms with Crippen LogP contribution in [-0.2, 0) is 4.79 Å². The fraction of sp³-hybridized carbons (Fsp3) is 0.0833. The summed E-state index contributed by atoms with van der Waals surface area (Å²) in [5.74, 6) is -0.431. The van der Waals surface area contributed by atoms with Crippen LogP contribution in [0.25, 0.3) is 5.69 Å². The number of carboxylic acids is 1. The van der Waals surface area contributed by atoms with Crippen molar-refractivity contribution in [3.8, 4) is 11.4 Å². The Morgan fingerprint density at radius 3 is 2.69 bits per heavy atom. The van der Waals surface area contributed by atoms with Gasteiger partial charge in [-0.15, -0.1) is 0 Å². The second-order valence-corrected chi connectivity index (χ2v) is 3.27. The molecule has 2 aromatic rings. The van der Waals surface area contributed by atoms with Crippen molar-refractivity contribution in [3.05, 3.63) is 48.8 Å². The highest BCUT2D eigenvalue weighted by Crippen LogP contribution is 2.16. The molecule has 1 aromatic carbocycles. The van der Waals surface area contributed by atoms with Crippen LogP contribution < -0.4 is 4.74 Å². The van der Waals surface area contributed by atoms with Crippen LogP contribution in [0.2, 0.25) is 0 Å². The summed E-state index contributed by atoms with van der Waals surface area (Å²) in [6.07, 6.45) is 3.83. The Hall–Kier alpha value is -2.23. The van der Waals surface area contributed by atoms with Crippen molar-refractivity contribution >= 4 is 5.97 Å². The van der Waals surface area contributed by atoms with Gasteiger partial charge in [-0.3, -0.25) is 0 Å². The maximum Gasteiger partial charge on any atom is 0.341 e. The Morgan fingerprint density at radius 1 is 1.25 bits per heavy atom. The first kappa shape index (κ1) is 10.3. The van der Waals surface area contributed by atoms with Crippen LogP contribution >= 0.6 is 0 Å². The molecule has 0 aliphatic carbocycles. The zero-order chi connectivity index (χ0) is 11.4. The van der Waals surface area contributed by atoms with Gasteiger partial charge in [0, 0.05) is 24.1 Å². The van der Waals surface area contributed by atoms with Crippen LogP contribution in [-0.4, -0.2) is 22.2 Å². The van der Waals surface area contributed by atoms with Gasteiger partial charge < -0.3 is 14.4 Å². The first-order chi connectivity index (χ1) is 7.75. The van der Waals surface area contributed by atoms with Crippen molar-refractivity contribution < 1.29 is 14.6 Å². The number of rotatable bonds is 4. The van der Waals surface area contributed by atoms with Crippen molar-refractivity contribution in [1.82, 2.24) is 4.57 Å². The second kappa shape index (κ2) is 4.53. The van der Waals surface area contributed by atoms with Gasteiger partial charge in [0.2, 0.25) is 0 Å². The highest BCUT2D eigenvalue weighted by molar-refractivity contribution is 5.68. The lowest BCUT2D eigenvalue weighted by Gasteiger charge is -2.06. The number of benzene rings is 1. The zero-order valence-electron chi connectivity index (χ0n) is 8.54. The molecule has 0 fully saturated rings. The Bertz CT molecular complexity index is 477. The van der Waals surface area contributed by atoms with Crippen molar-refractivity contribution in [2.75, 3.05) is 6.61 Å². The summed E-state index contributed by atoms with van der Waals surface area (Å²) in [5.41, 5.74) is 0.938. The van der Waals surface area contributed by atoms with E-state index in [2.05, 4.69) is 0 Å². The molecule has 0 amide bonds. The third kappa shape index (κ3) is 2.42. The predicted octanol–water partition coefficient (Wildman–Crippen LogP) is 1.94. The molecule has 4 heteroatoms. The Labute approximate surface area is 92.7 Å². The summed E-state index contributed by atoms with van der Waals surface area (Å²) in [6, 6.07) is 11.1. The molecule has 0 saturated carbocycles. The number of ether oxygens (including phenoxy) is 1. The fourth-order valence-electron chi connectivity index (χ4n) is 1.39. The topological polar surface area (TPSA) is 51.5 Å². The van der Waals surface area contributed by atoms with E-state index in [0.717, 1.165) is 5.69 Å². The summed E-state index contributed by atoms with van der Waals surface area (Å²) in [6.45, 7) is -0.324. The minimum atomic E-state index is -0.980. The van der Waals surface area contributed by atoms with Gasteiger partial charge in [-0.1, -0.05) is 6.07 Å². The Balaban J connectivity index is 2.17. The molecule has 0 saturated heterocycles. The lowest BCUT2D eigenvalue weighted by Crippen LogP contribution is -2.09. The molecular weight excluding hydrogens is 206 g/mol. The van der Waals surface area contributed by atoms with Crippen LogP contribution in [0, 0.1) is 0 Å². The van der Waals surface area contributed by atoms with Gasteiger partial charge >= 0.3 is 5.97 Å². The normalized spacial score (nSPS) is 10.0. The number of hydrogen-bond acceptors (Lipinski definition) is 2. The van der Waals surface area contributed by atoms with Crippen LogP contribution in [0.15, 0.2) is 48.8 Å². The summed E-state index contributed by atoms with van der Waals surface area (Å²) < 4.78 is 7.02. The van der Waals surface area contributed by atoms with E-state index in [0.29, 0.717) is 5.75 Å². The standard InChI is InChI=1S/C12H11NO3/c14-12(15)9-16-11-5-3-4-10(8-11)13-6-1-2-7-13/h1-8H,9H2,(H,14,15). The van der Waals surface area contributed by atoms with Crippen molar-refractivity contribution in [3.63, 3.8) is 0 Å². The number of aromatic nitrogens is 1. The third-order valence-electron chi connectivity index (χ3n) is 2.08. The number of nitrogens with zero attached hydrogens (tertiary/aromatic N) is 1. The van der Waals surface area contributed by atoms with E-state index in [1.54, 1.807) is 12.1 Å². The highest BCUT2D eigenvalue weighted by atomic mass is 16.5. The van der Waals surface area contributed by atoms with Gasteiger partial charge in [-0.2, -0.15) is 0 Å². The first-order valence-corrected chi connectivity index (χ1v) is 4.84. The van der Waals surface area contributed by atoms with Gasteiger partial charge in [-0.25, -0.2) is 4.79 Å². The van der Waals surface area contributed by atoms with Crippen molar-refractivity contribution in [2.24, 2.45) is 0 Å². The second-order valence-electron chi connectivity index (χ2n) is 3.27. The number of carboxylic acid groups (broad SMARTS) is 1. The monoisotopic (exact) mass is 217 g/mol. The minimum absolute atomic E-state index is 0.324. The highest BCUT2D eigenvalue weighted by Gasteiger charge is 2.01. The fourth-order valence-corrected chi connectivity index (χ4v) is 1.39. The third-order valence-corrected chi connectivity index (χ3v) is 2.08. The van der Waals surface area contributed by atoms with Crippen molar-refractivity contribution in [1.29, 1.82) is 0 Å². The average molecular weight is 217 g/mol. The smallest absolute Gasteiger partial charge is 0.341 e. The van der Waals surface area contributed by atoms with Gasteiger partial charge in [0.05, 0.1) is 0 Å². The summed E-state index contributed by atoms with van der Waals surface area (Å²) in [5, 5.41) is 8.50. The molecule has 2 rings (SSSR count). The molecule has 1 N–H and O–H groups in total. The molecule has 16 heavy (non-hydrogen) atoms. The molecule has 0 aliphatic heterocycles. The molecule has 0 radical (unpaired) electrons. The molecule has 0 aliphatic rings. The molecule has 0 unspecified atom stereocenters. The maximum absolute atomic E-state index is 10.4. The molecule has 0 bridgehead atoms. The van der Waals surface area contributed by atoms with Crippen LogP contribution in [0.5, 0.6) is 5.75 Å². The summed E-state index contributed by atoms with van der Waals surface area (Å²) in [4.78, 5) is 10.4. The van der Waals surface area contributed by atoms with Crippen LogP contribution in [0.3, 0.4) is 0 Å². The Kier molecular flexibility index (Phi) is 2.91. The average Bonchev–Trinajstić information content (AvgIpc) is 2.80. The Morgan fingerprint density at radius 2 is 2.00 bits per heavy atom. The van der Waals surface area contributed by atoms with E-state index < -0.39 is 5.97 Å². The molecule has 0 atom stereocenters. The molecule has 1 aromatic heterocycles. The summed E-state index contributed by atoms with van der Waals surface area (Å²) >= 11 is 0. The minimum Gasteiger partial charge on any atom is -0.482 e. The molecular formula is C12H11NO3. The van der Waals surface area contributed by atoms with Gasteiger partial charge in [0.25, 0.3) is 0 Å². The molecule has 4 nitrogen and oxygen atoms in total. The predicted molar refractivity (Wildman–Crippen MR) is 58.9 cm³/mol. The van der Waals surface area contributed by atoms with Gasteiger partial charge in [-0.05, 0) is 24.3 Å². The maximum atomic E-state index is 10.4. The van der Waals surface area contributed by atoms with E-state index in [9.17, 15) is 4.79 Å². The number of aliphatic carboxylic acids is 1. The molecule has 0 spiro atoms. The van der Waals surface area contributed by atoms with Crippen molar-refractivity contribution in [2.45, 2.75) is 0 Å². The number of carbonyl (C=O) groups is 1. The van der Waals surface area contributed by atoms with E-state index in [-0.39, 0.29) is 6.61 Å². The molecule has 1 heterocycles. The molecule has 82 valence electrons. The lowest BCUT2D eigenvalue weighted by atomic mass is 10.3. The number of hydrogen-bond donors (Lipinski definition) is 1.